The molecule has 0 aliphatic rings. The first-order valence-electron chi connectivity index (χ1n) is 6.57. The molecule has 0 radical (unpaired) electrons. The Balaban J connectivity index is 2.50. The number of H-pyrrole nitrogens is 1. The normalized spacial score (nSPS) is 10.8. The Kier molecular flexibility index (Phi) is 3.79. The van der Waals surface area contributed by atoms with Gasteiger partial charge in [-0.1, -0.05) is 38.1 Å². The second-order valence-corrected chi connectivity index (χ2v) is 5.32. The summed E-state index contributed by atoms with van der Waals surface area (Å²) in [5.74, 6) is 1.15. The van der Waals surface area contributed by atoms with Crippen molar-refractivity contribution in [3.63, 3.8) is 0 Å². The van der Waals surface area contributed by atoms with Crippen LogP contribution in [0.15, 0.2) is 29.1 Å². The fraction of sp³-hybridized carbons (Fsp3) is 0.333. The van der Waals surface area contributed by atoms with E-state index in [-0.39, 0.29) is 11.4 Å². The van der Waals surface area contributed by atoms with Gasteiger partial charge in [0.25, 0.3) is 5.56 Å². The first-order valence-corrected chi connectivity index (χ1v) is 6.57. The summed E-state index contributed by atoms with van der Waals surface area (Å²) in [6, 6.07) is 7.85. The van der Waals surface area contributed by atoms with E-state index in [2.05, 4.69) is 23.8 Å². The zero-order chi connectivity index (χ0) is 14.9. The number of hydrogen-bond donors (Lipinski definition) is 2. The topological polar surface area (TPSA) is 75.0 Å². The molecule has 5 heteroatoms. The number of nitrogens with zero attached hydrogens (tertiary/aromatic N) is 2. The van der Waals surface area contributed by atoms with E-state index in [0.29, 0.717) is 17.4 Å². The molecule has 0 spiro atoms. The van der Waals surface area contributed by atoms with E-state index in [1.165, 1.54) is 5.56 Å². The van der Waals surface area contributed by atoms with Gasteiger partial charge in [0.2, 0.25) is 5.95 Å². The third-order valence-electron chi connectivity index (χ3n) is 3.22. The molecule has 1 aromatic heterocycles. The Hall–Kier alpha value is -2.30. The van der Waals surface area contributed by atoms with Gasteiger partial charge in [0, 0.05) is 14.1 Å². The van der Waals surface area contributed by atoms with Crippen LogP contribution in [0.2, 0.25) is 0 Å². The molecule has 0 aliphatic heterocycles. The molecule has 0 amide bonds. The van der Waals surface area contributed by atoms with Gasteiger partial charge in [-0.2, -0.15) is 4.98 Å². The molecule has 1 heterocycles. The highest BCUT2D eigenvalue weighted by atomic mass is 16.1. The maximum absolute atomic E-state index is 12.2. The Labute approximate surface area is 118 Å². The van der Waals surface area contributed by atoms with Gasteiger partial charge in [-0.3, -0.25) is 9.78 Å². The van der Waals surface area contributed by atoms with Gasteiger partial charge in [-0.25, -0.2) is 0 Å². The van der Waals surface area contributed by atoms with Gasteiger partial charge in [0.1, 0.15) is 5.82 Å². The molecule has 106 valence electrons. The van der Waals surface area contributed by atoms with Gasteiger partial charge < -0.3 is 10.6 Å². The van der Waals surface area contributed by atoms with Crippen LogP contribution in [0.5, 0.6) is 0 Å². The van der Waals surface area contributed by atoms with Crippen LogP contribution in [0.1, 0.15) is 25.3 Å². The van der Waals surface area contributed by atoms with E-state index in [0.717, 1.165) is 5.56 Å². The molecular weight excluding hydrogens is 252 g/mol. The Morgan fingerprint density at radius 2 is 1.80 bits per heavy atom. The van der Waals surface area contributed by atoms with Crippen LogP contribution in [0.4, 0.5) is 11.8 Å². The molecule has 0 saturated carbocycles. The Bertz CT molecular complexity index is 657. The first kappa shape index (κ1) is 14.1. The van der Waals surface area contributed by atoms with Gasteiger partial charge >= 0.3 is 0 Å². The zero-order valence-electron chi connectivity index (χ0n) is 12.3. The number of nitrogens with two attached hydrogens (primary N) is 1. The summed E-state index contributed by atoms with van der Waals surface area (Å²) in [7, 11) is 3.60. The minimum absolute atomic E-state index is 0.224. The molecule has 1 aromatic carbocycles. The smallest absolute Gasteiger partial charge is 0.262 e. The van der Waals surface area contributed by atoms with E-state index in [1.54, 1.807) is 19.0 Å². The lowest BCUT2D eigenvalue weighted by Gasteiger charge is -2.13. The molecule has 0 aliphatic carbocycles. The molecule has 5 nitrogen and oxygen atoms in total. The largest absolute Gasteiger partial charge is 0.383 e. The third-order valence-corrected chi connectivity index (χ3v) is 3.22. The lowest BCUT2D eigenvalue weighted by atomic mass is 9.99. The van der Waals surface area contributed by atoms with Crippen molar-refractivity contribution in [1.29, 1.82) is 0 Å². The van der Waals surface area contributed by atoms with Crippen LogP contribution in [0, 0.1) is 0 Å². The number of nitrogen functional groups attached to an aromatic ring is 1. The van der Waals surface area contributed by atoms with Crippen LogP contribution in [0.25, 0.3) is 11.1 Å². The number of aromatic amines is 1. The molecule has 0 unspecified atom stereocenters. The van der Waals surface area contributed by atoms with Crippen LogP contribution in [-0.2, 0) is 0 Å². The van der Waals surface area contributed by atoms with E-state index in [1.807, 2.05) is 24.3 Å². The number of anilines is 2. The number of aromatic nitrogens is 2. The second-order valence-electron chi connectivity index (χ2n) is 5.32. The molecular formula is C15H20N4O. The number of nitrogens with one attached hydrogen (secondary N) is 1. The average molecular weight is 272 g/mol. The van der Waals surface area contributed by atoms with Gasteiger partial charge in [-0.15, -0.1) is 0 Å². The highest BCUT2D eigenvalue weighted by Gasteiger charge is 2.12. The molecule has 20 heavy (non-hydrogen) atoms. The summed E-state index contributed by atoms with van der Waals surface area (Å²) in [6.07, 6.45) is 0. The number of rotatable bonds is 3. The minimum Gasteiger partial charge on any atom is -0.383 e. The van der Waals surface area contributed by atoms with Crippen molar-refractivity contribution >= 4 is 11.8 Å². The summed E-state index contributed by atoms with van der Waals surface area (Å²) in [5, 5.41) is 0. The number of hydrogen-bond acceptors (Lipinski definition) is 4. The van der Waals surface area contributed by atoms with Crippen LogP contribution < -0.4 is 16.2 Å². The first-order chi connectivity index (χ1) is 9.40. The SMILES string of the molecule is CC(C)c1ccc(-c2c(N)nc(N(C)C)[nH]c2=O)cc1. The van der Waals surface area contributed by atoms with Crippen molar-refractivity contribution in [2.75, 3.05) is 24.7 Å². The van der Waals surface area contributed by atoms with Crippen molar-refractivity contribution in [3.8, 4) is 11.1 Å². The lowest BCUT2D eigenvalue weighted by molar-refractivity contribution is 0.867. The van der Waals surface area contributed by atoms with E-state index >= 15 is 0 Å². The fourth-order valence-electron chi connectivity index (χ4n) is 2.00. The molecule has 3 N–H and O–H groups in total. The fourth-order valence-corrected chi connectivity index (χ4v) is 2.00. The van der Waals surface area contributed by atoms with E-state index in [4.69, 9.17) is 5.73 Å². The molecule has 2 rings (SSSR count). The van der Waals surface area contributed by atoms with Crippen molar-refractivity contribution in [2.45, 2.75) is 19.8 Å². The third kappa shape index (κ3) is 2.66. The maximum atomic E-state index is 12.2. The molecule has 0 bridgehead atoms. The highest BCUT2D eigenvalue weighted by molar-refractivity contribution is 5.73. The minimum atomic E-state index is -0.224. The molecule has 2 aromatic rings. The van der Waals surface area contributed by atoms with E-state index < -0.39 is 0 Å². The highest BCUT2D eigenvalue weighted by Crippen LogP contribution is 2.24. The van der Waals surface area contributed by atoms with Gasteiger partial charge in [0.15, 0.2) is 0 Å². The number of benzene rings is 1. The molecule has 0 fully saturated rings. The predicted molar refractivity (Wildman–Crippen MR) is 83.1 cm³/mol. The van der Waals surface area contributed by atoms with E-state index in [9.17, 15) is 4.79 Å². The molecule has 0 saturated heterocycles. The van der Waals surface area contributed by atoms with Crippen LogP contribution >= 0.6 is 0 Å². The monoisotopic (exact) mass is 272 g/mol. The summed E-state index contributed by atoms with van der Waals surface area (Å²) < 4.78 is 0. The summed E-state index contributed by atoms with van der Waals surface area (Å²) >= 11 is 0. The standard InChI is InChI=1S/C15H20N4O/c1-9(2)10-5-7-11(8-6-10)12-13(16)17-15(19(3)4)18-14(12)20/h5-9H,1-4H3,(H3,16,17,18,20). The molecule has 0 atom stereocenters. The van der Waals surface area contributed by atoms with Crippen molar-refractivity contribution in [2.24, 2.45) is 0 Å². The maximum Gasteiger partial charge on any atom is 0.262 e. The van der Waals surface area contributed by atoms with Crippen molar-refractivity contribution in [3.05, 3.63) is 40.2 Å². The van der Waals surface area contributed by atoms with Crippen molar-refractivity contribution in [1.82, 2.24) is 9.97 Å². The van der Waals surface area contributed by atoms with Gasteiger partial charge in [0.05, 0.1) is 5.56 Å². The predicted octanol–water partition coefficient (Wildman–Crippen LogP) is 2.21. The summed E-state index contributed by atoms with van der Waals surface area (Å²) in [6.45, 7) is 4.26. The Morgan fingerprint density at radius 1 is 1.20 bits per heavy atom. The van der Waals surface area contributed by atoms with Gasteiger partial charge in [-0.05, 0) is 17.0 Å². The van der Waals surface area contributed by atoms with Crippen LogP contribution in [-0.4, -0.2) is 24.1 Å². The lowest BCUT2D eigenvalue weighted by Crippen LogP contribution is -2.21. The average Bonchev–Trinajstić information content (AvgIpc) is 2.38. The quantitative estimate of drug-likeness (QED) is 0.898. The summed E-state index contributed by atoms with van der Waals surface area (Å²) in [4.78, 5) is 20.8. The summed E-state index contributed by atoms with van der Waals surface area (Å²) in [5.41, 5.74) is 8.14. The van der Waals surface area contributed by atoms with Crippen LogP contribution in [0.3, 0.4) is 0 Å². The van der Waals surface area contributed by atoms with Crippen molar-refractivity contribution < 1.29 is 0 Å². The Morgan fingerprint density at radius 3 is 2.25 bits per heavy atom. The zero-order valence-corrected chi connectivity index (χ0v) is 12.3. The second kappa shape index (κ2) is 5.36.